The number of halogens is 1. The summed E-state index contributed by atoms with van der Waals surface area (Å²) in [7, 11) is 0. The summed E-state index contributed by atoms with van der Waals surface area (Å²) in [5, 5.41) is 12.7. The third kappa shape index (κ3) is 4.61. The lowest BCUT2D eigenvalue weighted by molar-refractivity contribution is 0.0763. The second-order valence-electron chi connectivity index (χ2n) is 6.58. The van der Waals surface area contributed by atoms with E-state index in [1.807, 2.05) is 18.2 Å². The Balaban J connectivity index is 1.80. The molecule has 116 valence electrons. The molecule has 0 bridgehead atoms. The summed E-state index contributed by atoms with van der Waals surface area (Å²) in [5.74, 6) is 0.246. The number of carbonyl (C=O) groups excluding carboxylic acids is 1. The first-order valence-electron chi connectivity index (χ1n) is 7.28. The van der Waals surface area contributed by atoms with Gasteiger partial charge in [-0.15, -0.1) is 0 Å². The zero-order valence-corrected chi connectivity index (χ0v) is 13.4. The minimum Gasteiger partial charge on any atom is -0.396 e. The molecule has 21 heavy (non-hydrogen) atoms. The number of carbonyl (C=O) groups is 1. The van der Waals surface area contributed by atoms with Crippen molar-refractivity contribution in [2.75, 3.05) is 26.2 Å². The minimum atomic E-state index is -0.0427. The predicted octanol–water partition coefficient (Wildman–Crippen LogP) is 2.54. The second-order valence-corrected chi connectivity index (χ2v) is 7.02. The molecular weight excluding hydrogens is 288 g/mol. The third-order valence-corrected chi connectivity index (χ3v) is 4.03. The monoisotopic (exact) mass is 310 g/mol. The van der Waals surface area contributed by atoms with Gasteiger partial charge >= 0.3 is 6.03 Å². The average Bonchev–Trinajstić information content (AvgIpc) is 2.35. The Morgan fingerprint density at radius 3 is 2.81 bits per heavy atom. The van der Waals surface area contributed by atoms with Crippen molar-refractivity contribution in [3.63, 3.8) is 0 Å². The Kier molecular flexibility index (Phi) is 5.12. The molecule has 0 saturated carbocycles. The lowest BCUT2D eigenvalue weighted by atomic mass is 9.85. The normalized spacial score (nSPS) is 15.7. The van der Waals surface area contributed by atoms with E-state index >= 15 is 0 Å². The molecule has 1 aromatic rings. The lowest BCUT2D eigenvalue weighted by Gasteiger charge is -2.38. The van der Waals surface area contributed by atoms with E-state index < -0.39 is 0 Å². The molecular formula is C16H23ClN2O2. The molecule has 0 aromatic heterocycles. The maximum atomic E-state index is 12.0. The molecule has 1 aliphatic heterocycles. The van der Waals surface area contributed by atoms with Crippen LogP contribution in [0.15, 0.2) is 24.3 Å². The van der Waals surface area contributed by atoms with Crippen molar-refractivity contribution in [2.45, 2.75) is 20.3 Å². The third-order valence-electron chi connectivity index (χ3n) is 3.79. The second kappa shape index (κ2) is 6.67. The zero-order valence-electron chi connectivity index (χ0n) is 12.6. The van der Waals surface area contributed by atoms with E-state index in [2.05, 4.69) is 25.2 Å². The number of rotatable bonds is 5. The number of urea groups is 1. The van der Waals surface area contributed by atoms with E-state index in [1.165, 1.54) is 5.56 Å². The number of likely N-dealkylation sites (tertiary alicyclic amines) is 1. The van der Waals surface area contributed by atoms with Gasteiger partial charge in [-0.25, -0.2) is 4.79 Å². The molecule has 0 spiro atoms. The molecule has 0 atom stereocenters. The highest BCUT2D eigenvalue weighted by Gasteiger charge is 2.30. The molecule has 1 heterocycles. The number of nitrogens with zero attached hydrogens (tertiary/aromatic N) is 1. The van der Waals surface area contributed by atoms with E-state index in [-0.39, 0.29) is 24.0 Å². The number of aliphatic hydroxyl groups excluding tert-OH is 1. The van der Waals surface area contributed by atoms with Crippen molar-refractivity contribution in [1.29, 1.82) is 0 Å². The number of benzene rings is 1. The first-order chi connectivity index (χ1) is 9.89. The van der Waals surface area contributed by atoms with Crippen LogP contribution in [0.4, 0.5) is 4.79 Å². The molecule has 1 fully saturated rings. The van der Waals surface area contributed by atoms with Crippen molar-refractivity contribution < 1.29 is 9.90 Å². The van der Waals surface area contributed by atoms with Crippen LogP contribution in [0.25, 0.3) is 0 Å². The van der Waals surface area contributed by atoms with E-state index in [1.54, 1.807) is 4.90 Å². The molecule has 2 N–H and O–H groups in total. The highest BCUT2D eigenvalue weighted by atomic mass is 35.5. The summed E-state index contributed by atoms with van der Waals surface area (Å²) in [6, 6.07) is 7.78. The number of aliphatic hydroxyl groups is 1. The van der Waals surface area contributed by atoms with Gasteiger partial charge in [0.15, 0.2) is 0 Å². The number of hydrogen-bond donors (Lipinski definition) is 2. The summed E-state index contributed by atoms with van der Waals surface area (Å²) in [5.41, 5.74) is 1.13. The summed E-state index contributed by atoms with van der Waals surface area (Å²) in [6.07, 6.45) is 0.854. The fourth-order valence-corrected chi connectivity index (χ4v) is 2.75. The fraction of sp³-hybridized carbons (Fsp3) is 0.562. The summed E-state index contributed by atoms with van der Waals surface area (Å²) in [6.45, 7) is 6.32. The first-order valence-corrected chi connectivity index (χ1v) is 7.65. The SMILES string of the molecule is CC(C)(CNC(=O)N1CC(CO)C1)Cc1cccc(Cl)c1. The van der Waals surface area contributed by atoms with Crippen LogP contribution in [0.5, 0.6) is 0 Å². The Hall–Kier alpha value is -1.26. The largest absolute Gasteiger partial charge is 0.396 e. The highest BCUT2D eigenvalue weighted by Crippen LogP contribution is 2.23. The summed E-state index contributed by atoms with van der Waals surface area (Å²) in [4.78, 5) is 13.7. The van der Waals surface area contributed by atoms with Crippen molar-refractivity contribution in [3.8, 4) is 0 Å². The van der Waals surface area contributed by atoms with Crippen LogP contribution in [-0.4, -0.2) is 42.3 Å². The standard InChI is InChI=1S/C16H23ClN2O2/c1-16(2,7-12-4-3-5-14(17)6-12)11-18-15(21)19-8-13(9-19)10-20/h3-6,13,20H,7-11H2,1-2H3,(H,18,21). The highest BCUT2D eigenvalue weighted by molar-refractivity contribution is 6.30. The molecule has 2 amide bonds. The molecule has 1 aromatic carbocycles. The average molecular weight is 311 g/mol. The van der Waals surface area contributed by atoms with Crippen LogP contribution >= 0.6 is 11.6 Å². The van der Waals surface area contributed by atoms with Crippen molar-refractivity contribution in [2.24, 2.45) is 11.3 Å². The van der Waals surface area contributed by atoms with Crippen molar-refractivity contribution in [3.05, 3.63) is 34.9 Å². The van der Waals surface area contributed by atoms with Gasteiger partial charge in [0.1, 0.15) is 0 Å². The Morgan fingerprint density at radius 1 is 1.48 bits per heavy atom. The quantitative estimate of drug-likeness (QED) is 0.878. The van der Waals surface area contributed by atoms with Gasteiger partial charge in [-0.3, -0.25) is 0 Å². The Labute approximate surface area is 131 Å². The van der Waals surface area contributed by atoms with Crippen molar-refractivity contribution >= 4 is 17.6 Å². The van der Waals surface area contributed by atoms with Crippen LogP contribution < -0.4 is 5.32 Å². The summed E-state index contributed by atoms with van der Waals surface area (Å²) >= 11 is 6.00. The smallest absolute Gasteiger partial charge is 0.317 e. The minimum absolute atomic E-state index is 0.0401. The van der Waals surface area contributed by atoms with Gasteiger partial charge in [-0.2, -0.15) is 0 Å². The van der Waals surface area contributed by atoms with Crippen molar-refractivity contribution in [1.82, 2.24) is 10.2 Å². The van der Waals surface area contributed by atoms with Gasteiger partial charge in [-0.05, 0) is 29.5 Å². The molecule has 1 saturated heterocycles. The van der Waals surface area contributed by atoms with Gasteiger partial charge in [0.05, 0.1) is 0 Å². The van der Waals surface area contributed by atoms with Crippen LogP contribution in [-0.2, 0) is 6.42 Å². The fourth-order valence-electron chi connectivity index (χ4n) is 2.54. The maximum Gasteiger partial charge on any atom is 0.317 e. The van der Waals surface area contributed by atoms with Crippen LogP contribution in [0.1, 0.15) is 19.4 Å². The Bertz CT molecular complexity index is 499. The summed E-state index contributed by atoms with van der Waals surface area (Å²) < 4.78 is 0. The predicted molar refractivity (Wildman–Crippen MR) is 84.5 cm³/mol. The molecule has 0 radical (unpaired) electrons. The molecule has 2 rings (SSSR count). The van der Waals surface area contributed by atoms with E-state index in [0.717, 1.165) is 11.4 Å². The first kappa shape index (κ1) is 16.1. The van der Waals surface area contributed by atoms with Gasteiger partial charge < -0.3 is 15.3 Å². The Morgan fingerprint density at radius 2 is 2.19 bits per heavy atom. The van der Waals surface area contributed by atoms with E-state index in [0.29, 0.717) is 19.6 Å². The van der Waals surface area contributed by atoms with Gasteiger partial charge in [0.25, 0.3) is 0 Å². The van der Waals surface area contributed by atoms with E-state index in [9.17, 15) is 4.79 Å². The van der Waals surface area contributed by atoms with Gasteiger partial charge in [0, 0.05) is 37.2 Å². The van der Waals surface area contributed by atoms with Gasteiger partial charge in [0.2, 0.25) is 0 Å². The van der Waals surface area contributed by atoms with Gasteiger partial charge in [-0.1, -0.05) is 37.6 Å². The maximum absolute atomic E-state index is 12.0. The number of hydrogen-bond acceptors (Lipinski definition) is 2. The van der Waals surface area contributed by atoms with Crippen LogP contribution in [0.3, 0.4) is 0 Å². The molecule has 5 heteroatoms. The lowest BCUT2D eigenvalue weighted by Crippen LogP contribution is -2.55. The molecule has 4 nitrogen and oxygen atoms in total. The molecule has 0 unspecified atom stereocenters. The van der Waals surface area contributed by atoms with Crippen LogP contribution in [0.2, 0.25) is 5.02 Å². The van der Waals surface area contributed by atoms with E-state index in [4.69, 9.17) is 16.7 Å². The molecule has 1 aliphatic rings. The topological polar surface area (TPSA) is 52.6 Å². The molecule has 0 aliphatic carbocycles. The number of amides is 2. The zero-order chi connectivity index (χ0) is 15.5. The van der Waals surface area contributed by atoms with Crippen LogP contribution in [0, 0.1) is 11.3 Å². The number of nitrogens with one attached hydrogen (secondary N) is 1.